The van der Waals surface area contributed by atoms with Crippen LogP contribution in [0.3, 0.4) is 0 Å². The molecule has 2 aromatic carbocycles. The van der Waals surface area contributed by atoms with E-state index in [-0.39, 0.29) is 23.7 Å². The summed E-state index contributed by atoms with van der Waals surface area (Å²) in [4.78, 5) is 31.2. The van der Waals surface area contributed by atoms with E-state index in [1.807, 2.05) is 31.2 Å². The Morgan fingerprint density at radius 1 is 1.12 bits per heavy atom. The van der Waals surface area contributed by atoms with Crippen molar-refractivity contribution in [1.82, 2.24) is 9.88 Å². The van der Waals surface area contributed by atoms with Crippen LogP contribution in [0.5, 0.6) is 0 Å². The molecule has 0 fully saturated rings. The molecule has 6 nitrogen and oxygen atoms in total. The van der Waals surface area contributed by atoms with E-state index in [4.69, 9.17) is 4.42 Å². The fourth-order valence-electron chi connectivity index (χ4n) is 4.33. The number of carbonyl (C=O) groups excluding carboxylic acids is 2. The largest absolute Gasteiger partial charge is 0.503 e. The predicted molar refractivity (Wildman–Crippen MR) is 115 cm³/mol. The van der Waals surface area contributed by atoms with Gasteiger partial charge in [0.2, 0.25) is 5.78 Å². The fraction of sp³-hybridized carbons (Fsp3) is 0.120. The van der Waals surface area contributed by atoms with E-state index in [2.05, 4.69) is 4.98 Å². The third-order valence-corrected chi connectivity index (χ3v) is 5.78. The number of hydrogen-bond acceptors (Lipinski definition) is 4. The number of carbonyl (C=O) groups is 2. The minimum atomic E-state index is -0.846. The number of nitrogens with one attached hydrogen (secondary N) is 1. The van der Waals surface area contributed by atoms with Gasteiger partial charge in [-0.15, -0.1) is 0 Å². The Balaban J connectivity index is 1.68. The number of furan rings is 1. The van der Waals surface area contributed by atoms with Crippen molar-refractivity contribution in [2.75, 3.05) is 0 Å². The molecule has 0 aliphatic carbocycles. The second-order valence-electron chi connectivity index (χ2n) is 7.74. The van der Waals surface area contributed by atoms with Gasteiger partial charge in [0.15, 0.2) is 11.5 Å². The SMILES string of the molecule is Cc1[nH]c2ccccc2c1C1C(C(=O)c2ccco2)=C(O)C(=O)N1Cc1ccc(F)cc1. The van der Waals surface area contributed by atoms with Crippen molar-refractivity contribution in [2.24, 2.45) is 0 Å². The highest BCUT2D eigenvalue weighted by molar-refractivity contribution is 6.15. The number of hydrogen-bond donors (Lipinski definition) is 2. The highest BCUT2D eigenvalue weighted by Gasteiger charge is 2.45. The summed E-state index contributed by atoms with van der Waals surface area (Å²) < 4.78 is 18.7. The highest BCUT2D eigenvalue weighted by Crippen LogP contribution is 2.43. The Kier molecular flexibility index (Phi) is 4.66. The third-order valence-electron chi connectivity index (χ3n) is 5.78. The first-order valence-corrected chi connectivity index (χ1v) is 10.1. The Morgan fingerprint density at radius 2 is 1.88 bits per heavy atom. The molecule has 4 aromatic rings. The molecule has 3 heterocycles. The van der Waals surface area contributed by atoms with Gasteiger partial charge in [-0.25, -0.2) is 4.39 Å². The third kappa shape index (κ3) is 3.10. The molecule has 1 aliphatic heterocycles. The monoisotopic (exact) mass is 430 g/mol. The van der Waals surface area contributed by atoms with Crippen molar-refractivity contribution in [2.45, 2.75) is 19.5 Å². The van der Waals surface area contributed by atoms with Crippen LogP contribution >= 0.6 is 0 Å². The number of aromatic amines is 1. The zero-order valence-corrected chi connectivity index (χ0v) is 17.1. The van der Waals surface area contributed by atoms with Gasteiger partial charge in [0.1, 0.15) is 5.82 Å². The minimum absolute atomic E-state index is 0.0328. The van der Waals surface area contributed by atoms with Gasteiger partial charge in [0.25, 0.3) is 5.91 Å². The number of nitrogens with zero attached hydrogens (tertiary/aromatic N) is 1. The van der Waals surface area contributed by atoms with Gasteiger partial charge in [0.05, 0.1) is 17.9 Å². The Morgan fingerprint density at radius 3 is 2.59 bits per heavy atom. The van der Waals surface area contributed by atoms with Gasteiger partial charge in [0, 0.05) is 28.7 Å². The van der Waals surface area contributed by atoms with Crippen molar-refractivity contribution < 1.29 is 23.5 Å². The van der Waals surface area contributed by atoms with Crippen LogP contribution < -0.4 is 0 Å². The van der Waals surface area contributed by atoms with Crippen LogP contribution in [0.25, 0.3) is 10.9 Å². The van der Waals surface area contributed by atoms with E-state index in [1.165, 1.54) is 29.4 Å². The van der Waals surface area contributed by atoms with Gasteiger partial charge in [-0.3, -0.25) is 9.59 Å². The summed E-state index contributed by atoms with van der Waals surface area (Å²) in [6, 6.07) is 15.6. The van der Waals surface area contributed by atoms with Crippen molar-refractivity contribution in [3.05, 3.63) is 107 Å². The van der Waals surface area contributed by atoms with Crippen LogP contribution in [0, 0.1) is 12.7 Å². The number of fused-ring (bicyclic) bond motifs is 1. The highest BCUT2D eigenvalue weighted by atomic mass is 19.1. The second-order valence-corrected chi connectivity index (χ2v) is 7.74. The predicted octanol–water partition coefficient (Wildman–Crippen LogP) is 4.99. The number of amides is 1. The average molecular weight is 430 g/mol. The first-order chi connectivity index (χ1) is 15.5. The quantitative estimate of drug-likeness (QED) is 0.437. The first-order valence-electron chi connectivity index (χ1n) is 10.1. The van der Waals surface area contributed by atoms with E-state index >= 15 is 0 Å². The molecule has 0 saturated carbocycles. The van der Waals surface area contributed by atoms with Crippen molar-refractivity contribution >= 4 is 22.6 Å². The lowest BCUT2D eigenvalue weighted by molar-refractivity contribution is -0.130. The molecule has 5 rings (SSSR count). The number of aliphatic hydroxyl groups is 1. The standard InChI is InChI=1S/C25H19FN2O4/c1-14-20(17-5-2-3-6-18(17)27-14)22-21(23(29)19-7-4-12-32-19)24(30)25(31)28(22)13-15-8-10-16(26)11-9-15/h2-12,22,27,30H,13H2,1H3. The maximum absolute atomic E-state index is 13.4. The van der Waals surface area contributed by atoms with Crippen molar-refractivity contribution in [3.63, 3.8) is 0 Å². The number of aliphatic hydroxyl groups excluding tert-OH is 1. The molecule has 1 unspecified atom stereocenters. The Labute approximate surface area is 182 Å². The van der Waals surface area contributed by atoms with Gasteiger partial charge in [-0.2, -0.15) is 0 Å². The van der Waals surface area contributed by atoms with Gasteiger partial charge in [-0.05, 0) is 42.8 Å². The molecule has 1 amide bonds. The average Bonchev–Trinajstić information content (AvgIpc) is 3.48. The zero-order valence-electron chi connectivity index (χ0n) is 17.1. The van der Waals surface area contributed by atoms with Crippen LogP contribution in [-0.4, -0.2) is 26.7 Å². The minimum Gasteiger partial charge on any atom is -0.503 e. The second kappa shape index (κ2) is 7.53. The van der Waals surface area contributed by atoms with Crippen LogP contribution in [-0.2, 0) is 11.3 Å². The van der Waals surface area contributed by atoms with E-state index in [0.29, 0.717) is 5.56 Å². The van der Waals surface area contributed by atoms with Crippen molar-refractivity contribution in [1.29, 1.82) is 0 Å². The fourth-order valence-corrected chi connectivity index (χ4v) is 4.33. The summed E-state index contributed by atoms with van der Waals surface area (Å²) in [5.74, 6) is -2.19. The molecule has 0 spiro atoms. The molecule has 0 bridgehead atoms. The molecular weight excluding hydrogens is 411 g/mol. The lowest BCUT2D eigenvalue weighted by Crippen LogP contribution is -2.31. The Bertz CT molecular complexity index is 1370. The van der Waals surface area contributed by atoms with Crippen molar-refractivity contribution in [3.8, 4) is 0 Å². The smallest absolute Gasteiger partial charge is 0.290 e. The Hall–Kier alpha value is -4.13. The van der Waals surface area contributed by atoms with Crippen LogP contribution in [0.2, 0.25) is 0 Å². The summed E-state index contributed by atoms with van der Waals surface area (Å²) in [5, 5.41) is 11.6. The zero-order chi connectivity index (χ0) is 22.4. The normalized spacial score (nSPS) is 16.4. The molecule has 32 heavy (non-hydrogen) atoms. The van der Waals surface area contributed by atoms with Gasteiger partial charge in [-0.1, -0.05) is 30.3 Å². The molecule has 2 aromatic heterocycles. The molecule has 1 aliphatic rings. The summed E-state index contributed by atoms with van der Waals surface area (Å²) in [6.07, 6.45) is 1.36. The number of para-hydroxylation sites is 1. The number of ketones is 1. The lowest BCUT2D eigenvalue weighted by Gasteiger charge is -2.27. The molecule has 7 heteroatoms. The molecule has 160 valence electrons. The van der Waals surface area contributed by atoms with E-state index < -0.39 is 23.5 Å². The number of H-pyrrole nitrogens is 1. The summed E-state index contributed by atoms with van der Waals surface area (Å²) in [5.41, 5.74) is 2.97. The number of aryl methyl sites for hydroxylation is 1. The molecule has 0 radical (unpaired) electrons. The van der Waals surface area contributed by atoms with Crippen LogP contribution in [0.4, 0.5) is 4.39 Å². The molecule has 2 N–H and O–H groups in total. The number of aromatic nitrogens is 1. The van der Waals surface area contributed by atoms with Crippen LogP contribution in [0.15, 0.2) is 82.7 Å². The van der Waals surface area contributed by atoms with E-state index in [0.717, 1.165) is 22.2 Å². The molecule has 0 saturated heterocycles. The summed E-state index contributed by atoms with van der Waals surface area (Å²) >= 11 is 0. The summed E-state index contributed by atoms with van der Waals surface area (Å²) in [7, 11) is 0. The lowest BCUT2D eigenvalue weighted by atomic mass is 9.92. The maximum atomic E-state index is 13.4. The molecule has 1 atom stereocenters. The maximum Gasteiger partial charge on any atom is 0.290 e. The number of Topliss-reactive ketones (excluding diaryl/α,β-unsaturated/α-hetero) is 1. The van der Waals surface area contributed by atoms with Gasteiger partial charge < -0.3 is 19.4 Å². The van der Waals surface area contributed by atoms with E-state index in [1.54, 1.807) is 18.2 Å². The first kappa shape index (κ1) is 19.8. The van der Waals surface area contributed by atoms with E-state index in [9.17, 15) is 19.1 Å². The topological polar surface area (TPSA) is 86.5 Å². The number of benzene rings is 2. The van der Waals surface area contributed by atoms with Gasteiger partial charge >= 0.3 is 0 Å². The van der Waals surface area contributed by atoms with Crippen LogP contribution in [0.1, 0.15) is 33.4 Å². The molecular formula is C25H19FN2O4. The summed E-state index contributed by atoms with van der Waals surface area (Å²) in [6.45, 7) is 1.95. The number of halogens is 1. The number of rotatable bonds is 5.